The first kappa shape index (κ1) is 14.1. The maximum Gasteiger partial charge on any atom is 0.247 e. The molecule has 2 N–H and O–H groups in total. The fraction of sp³-hybridized carbons (Fsp3) is 0.643. The minimum Gasteiger partial charge on any atom is -0.376 e. The lowest BCUT2D eigenvalue weighted by atomic mass is 10.1. The van der Waals surface area contributed by atoms with E-state index in [0.717, 1.165) is 19.4 Å². The van der Waals surface area contributed by atoms with Crippen molar-refractivity contribution in [1.82, 2.24) is 15.1 Å². The Kier molecular flexibility index (Phi) is 4.19. The van der Waals surface area contributed by atoms with Gasteiger partial charge in [0, 0.05) is 19.2 Å². The maximum atomic E-state index is 12.0. The predicted molar refractivity (Wildman–Crippen MR) is 75.6 cm³/mol. The van der Waals surface area contributed by atoms with Crippen LogP contribution in [0.15, 0.2) is 12.4 Å². The Morgan fingerprint density at radius 1 is 1.48 bits per heavy atom. The predicted octanol–water partition coefficient (Wildman–Crippen LogP) is 0.669. The average Bonchev–Trinajstić information content (AvgIpc) is 3.09. The molecule has 0 saturated carbocycles. The number of amides is 2. The topological polar surface area (TPSA) is 85.2 Å². The molecule has 114 valence electrons. The monoisotopic (exact) mass is 292 g/mol. The summed E-state index contributed by atoms with van der Waals surface area (Å²) in [6.45, 7) is 1.52. The Morgan fingerprint density at radius 3 is 3.10 bits per heavy atom. The Hall–Kier alpha value is -1.89. The highest BCUT2D eigenvalue weighted by Crippen LogP contribution is 2.16. The number of nitrogens with one attached hydrogen (secondary N) is 2. The van der Waals surface area contributed by atoms with E-state index in [2.05, 4.69) is 15.7 Å². The van der Waals surface area contributed by atoms with Crippen molar-refractivity contribution in [3.05, 3.63) is 12.4 Å². The van der Waals surface area contributed by atoms with Crippen molar-refractivity contribution in [2.45, 2.75) is 50.8 Å². The molecular formula is C14H20N4O3. The molecule has 0 aromatic carbocycles. The van der Waals surface area contributed by atoms with Gasteiger partial charge in [-0.2, -0.15) is 5.10 Å². The molecule has 1 aromatic rings. The van der Waals surface area contributed by atoms with E-state index in [1.54, 1.807) is 17.1 Å². The van der Waals surface area contributed by atoms with E-state index in [1.165, 1.54) is 6.42 Å². The Morgan fingerprint density at radius 2 is 2.38 bits per heavy atom. The lowest BCUT2D eigenvalue weighted by molar-refractivity contribution is -0.122. The summed E-state index contributed by atoms with van der Waals surface area (Å²) in [5, 5.41) is 9.67. The smallest absolute Gasteiger partial charge is 0.247 e. The maximum absolute atomic E-state index is 12.0. The number of carbonyl (C=O) groups excluding carboxylic acids is 2. The molecule has 1 aromatic heterocycles. The number of nitrogens with zero attached hydrogens (tertiary/aromatic N) is 2. The summed E-state index contributed by atoms with van der Waals surface area (Å²) in [5.41, 5.74) is 0.650. The lowest BCUT2D eigenvalue weighted by Gasteiger charge is -2.22. The first-order valence-corrected chi connectivity index (χ1v) is 7.45. The third-order valence-corrected chi connectivity index (χ3v) is 3.88. The summed E-state index contributed by atoms with van der Waals surface area (Å²) >= 11 is 0. The van der Waals surface area contributed by atoms with E-state index >= 15 is 0 Å². The molecule has 2 amide bonds. The molecule has 0 unspecified atom stereocenters. The second kappa shape index (κ2) is 6.26. The molecule has 2 fully saturated rings. The number of aromatic nitrogens is 2. The summed E-state index contributed by atoms with van der Waals surface area (Å²) < 4.78 is 7.46. The quantitative estimate of drug-likeness (QED) is 0.854. The van der Waals surface area contributed by atoms with Crippen LogP contribution in [0.1, 0.15) is 32.1 Å². The molecule has 3 rings (SSSR count). The second-order valence-electron chi connectivity index (χ2n) is 5.59. The summed E-state index contributed by atoms with van der Waals surface area (Å²) in [7, 11) is 0. The minimum absolute atomic E-state index is 0.0692. The van der Waals surface area contributed by atoms with Gasteiger partial charge in [-0.05, 0) is 25.7 Å². The Bertz CT molecular complexity index is 522. The normalized spacial score (nSPS) is 25.6. The van der Waals surface area contributed by atoms with Crippen LogP contribution in [0.5, 0.6) is 0 Å². The van der Waals surface area contributed by atoms with Crippen molar-refractivity contribution >= 4 is 17.5 Å². The van der Waals surface area contributed by atoms with Crippen LogP contribution >= 0.6 is 0 Å². The van der Waals surface area contributed by atoms with Crippen molar-refractivity contribution in [3.8, 4) is 0 Å². The summed E-state index contributed by atoms with van der Waals surface area (Å²) in [6.07, 6.45) is 7.96. The second-order valence-corrected chi connectivity index (χ2v) is 5.59. The number of rotatable bonds is 4. The fourth-order valence-electron chi connectivity index (χ4n) is 2.73. The zero-order chi connectivity index (χ0) is 14.7. The molecule has 0 aliphatic carbocycles. The zero-order valence-corrected chi connectivity index (χ0v) is 11.9. The summed E-state index contributed by atoms with van der Waals surface area (Å²) in [6, 6.07) is -0.428. The summed E-state index contributed by atoms with van der Waals surface area (Å²) in [4.78, 5) is 23.1. The van der Waals surface area contributed by atoms with E-state index in [4.69, 9.17) is 4.74 Å². The van der Waals surface area contributed by atoms with Crippen molar-refractivity contribution in [2.24, 2.45) is 0 Å². The molecule has 2 aliphatic rings. The molecule has 2 saturated heterocycles. The van der Waals surface area contributed by atoms with Crippen LogP contribution in [0.25, 0.3) is 0 Å². The molecule has 3 heterocycles. The molecule has 0 radical (unpaired) electrons. The van der Waals surface area contributed by atoms with Crippen LogP contribution in [-0.4, -0.2) is 40.3 Å². The third kappa shape index (κ3) is 3.60. The molecule has 2 aliphatic heterocycles. The Balaban J connectivity index is 1.52. The molecular weight excluding hydrogens is 272 g/mol. The van der Waals surface area contributed by atoms with Gasteiger partial charge in [-0.25, -0.2) is 0 Å². The van der Waals surface area contributed by atoms with Crippen LogP contribution in [-0.2, 0) is 20.9 Å². The van der Waals surface area contributed by atoms with Crippen LogP contribution in [0, 0.1) is 0 Å². The minimum atomic E-state index is -0.428. The molecule has 7 nitrogen and oxygen atoms in total. The van der Waals surface area contributed by atoms with Gasteiger partial charge in [0.05, 0.1) is 24.5 Å². The first-order chi connectivity index (χ1) is 10.2. The fourth-order valence-corrected chi connectivity index (χ4v) is 2.73. The molecule has 0 spiro atoms. The average molecular weight is 292 g/mol. The van der Waals surface area contributed by atoms with E-state index in [-0.39, 0.29) is 17.9 Å². The van der Waals surface area contributed by atoms with Gasteiger partial charge in [-0.1, -0.05) is 0 Å². The van der Waals surface area contributed by atoms with Crippen molar-refractivity contribution in [2.75, 3.05) is 11.9 Å². The van der Waals surface area contributed by atoms with Gasteiger partial charge in [0.2, 0.25) is 11.8 Å². The molecule has 0 bridgehead atoms. The lowest BCUT2D eigenvalue weighted by Crippen LogP contribution is -2.37. The van der Waals surface area contributed by atoms with E-state index in [0.29, 0.717) is 25.1 Å². The number of ether oxygens (including phenoxy) is 1. The standard InChI is InChI=1S/C14H20N4O3/c19-13-5-4-12(17-13)14(20)16-10-7-15-18(8-10)9-11-3-1-2-6-21-11/h7-8,11-12H,1-6,9H2,(H,16,20)(H,17,19)/t11-,12-/m0/s1. The van der Waals surface area contributed by atoms with Gasteiger partial charge in [-0.15, -0.1) is 0 Å². The third-order valence-electron chi connectivity index (χ3n) is 3.88. The number of carbonyl (C=O) groups is 2. The van der Waals surface area contributed by atoms with Crippen LogP contribution < -0.4 is 10.6 Å². The molecule has 7 heteroatoms. The van der Waals surface area contributed by atoms with Crippen molar-refractivity contribution in [3.63, 3.8) is 0 Å². The van der Waals surface area contributed by atoms with E-state index in [1.807, 2.05) is 0 Å². The van der Waals surface area contributed by atoms with Crippen LogP contribution in [0.4, 0.5) is 5.69 Å². The SMILES string of the molecule is O=C1CC[C@@H](C(=O)Nc2cnn(C[C@@H]3CCCCO3)c2)N1. The van der Waals surface area contributed by atoms with Crippen molar-refractivity contribution < 1.29 is 14.3 Å². The van der Waals surface area contributed by atoms with Crippen molar-refractivity contribution in [1.29, 1.82) is 0 Å². The molecule has 2 atom stereocenters. The van der Waals surface area contributed by atoms with Crippen LogP contribution in [0.2, 0.25) is 0 Å². The molecule has 21 heavy (non-hydrogen) atoms. The van der Waals surface area contributed by atoms with E-state index < -0.39 is 6.04 Å². The number of hydrogen-bond donors (Lipinski definition) is 2. The Labute approximate surface area is 123 Å². The first-order valence-electron chi connectivity index (χ1n) is 7.45. The highest BCUT2D eigenvalue weighted by Gasteiger charge is 2.27. The highest BCUT2D eigenvalue weighted by atomic mass is 16.5. The van der Waals surface area contributed by atoms with Gasteiger partial charge >= 0.3 is 0 Å². The van der Waals surface area contributed by atoms with Gasteiger partial charge in [0.1, 0.15) is 6.04 Å². The van der Waals surface area contributed by atoms with Gasteiger partial charge in [0.25, 0.3) is 0 Å². The summed E-state index contributed by atoms with van der Waals surface area (Å²) in [5.74, 6) is -0.255. The zero-order valence-electron chi connectivity index (χ0n) is 11.9. The van der Waals surface area contributed by atoms with E-state index in [9.17, 15) is 9.59 Å². The van der Waals surface area contributed by atoms with Gasteiger partial charge < -0.3 is 15.4 Å². The largest absolute Gasteiger partial charge is 0.376 e. The van der Waals surface area contributed by atoms with Gasteiger partial charge in [-0.3, -0.25) is 14.3 Å². The number of anilines is 1. The highest BCUT2D eigenvalue weighted by molar-refractivity contribution is 5.98. The van der Waals surface area contributed by atoms with Crippen LogP contribution in [0.3, 0.4) is 0 Å². The van der Waals surface area contributed by atoms with Gasteiger partial charge in [0.15, 0.2) is 0 Å². The number of hydrogen-bond acceptors (Lipinski definition) is 4.